The van der Waals surface area contributed by atoms with E-state index in [0.717, 1.165) is 0 Å². The lowest BCUT2D eigenvalue weighted by Crippen LogP contribution is -2.39. The molecule has 14 nitrogen and oxygen atoms in total. The predicted molar refractivity (Wildman–Crippen MR) is 172 cm³/mol. The molecule has 2 amide bonds. The second-order valence-corrected chi connectivity index (χ2v) is 12.1. The number of esters is 4. The number of amides is 2. The smallest absolute Gasteiger partial charge is 0.407 e. The molecule has 0 aliphatic carbocycles. The van der Waals surface area contributed by atoms with Gasteiger partial charge in [0.15, 0.2) is 12.2 Å². The number of nitrogens with one attached hydrogen (secondary N) is 2. The van der Waals surface area contributed by atoms with Gasteiger partial charge in [-0.3, -0.25) is 0 Å². The van der Waals surface area contributed by atoms with Crippen LogP contribution >= 0.6 is 0 Å². The third-order valence-corrected chi connectivity index (χ3v) is 6.06. The molecular formula is C33H50N2O12. The van der Waals surface area contributed by atoms with E-state index in [4.69, 9.17) is 28.4 Å². The molecule has 0 aromatic heterocycles. The van der Waals surface area contributed by atoms with Gasteiger partial charge in [-0.25, -0.2) is 28.8 Å². The monoisotopic (exact) mass is 666 g/mol. The van der Waals surface area contributed by atoms with Gasteiger partial charge in [-0.05, 0) is 51.9 Å². The largest absolute Gasteiger partial charge is 0.458 e. The van der Waals surface area contributed by atoms with Crippen molar-refractivity contribution in [3.05, 3.63) is 48.6 Å². The molecular weight excluding hydrogens is 616 g/mol. The van der Waals surface area contributed by atoms with Crippen LogP contribution in [-0.4, -0.2) is 87.8 Å². The summed E-state index contributed by atoms with van der Waals surface area (Å²) in [5.74, 6) is -2.63. The average molecular weight is 667 g/mol. The van der Waals surface area contributed by atoms with Crippen LogP contribution in [0, 0.1) is 11.3 Å². The maximum absolute atomic E-state index is 12.5. The Bertz CT molecular complexity index is 1130. The summed E-state index contributed by atoms with van der Waals surface area (Å²) < 4.78 is 30.8. The van der Waals surface area contributed by atoms with Gasteiger partial charge in [0, 0.05) is 35.4 Å². The lowest BCUT2D eigenvalue weighted by atomic mass is 9.82. The van der Waals surface area contributed by atoms with E-state index in [-0.39, 0.29) is 67.7 Å². The van der Waals surface area contributed by atoms with Gasteiger partial charge < -0.3 is 39.1 Å². The van der Waals surface area contributed by atoms with E-state index >= 15 is 0 Å². The summed E-state index contributed by atoms with van der Waals surface area (Å²) in [7, 11) is 0. The van der Waals surface area contributed by atoms with Gasteiger partial charge in [-0.2, -0.15) is 0 Å². The Kier molecular flexibility index (Phi) is 19.1. The molecule has 2 N–H and O–H groups in total. The Labute approximate surface area is 276 Å². The topological polar surface area (TPSA) is 182 Å². The molecule has 14 heteroatoms. The van der Waals surface area contributed by atoms with Gasteiger partial charge in [-0.1, -0.05) is 47.1 Å². The van der Waals surface area contributed by atoms with E-state index in [1.54, 1.807) is 0 Å². The van der Waals surface area contributed by atoms with Crippen molar-refractivity contribution in [2.75, 3.05) is 39.5 Å². The van der Waals surface area contributed by atoms with E-state index in [9.17, 15) is 28.8 Å². The van der Waals surface area contributed by atoms with Crippen LogP contribution in [-0.2, 0) is 47.6 Å². The molecule has 0 heterocycles. The van der Waals surface area contributed by atoms with Crippen LogP contribution in [0.1, 0.15) is 61.3 Å². The molecule has 0 rings (SSSR count). The van der Waals surface area contributed by atoms with Crippen LogP contribution in [0.5, 0.6) is 0 Å². The zero-order valence-corrected chi connectivity index (χ0v) is 28.6. The van der Waals surface area contributed by atoms with Crippen molar-refractivity contribution in [2.24, 2.45) is 11.3 Å². The van der Waals surface area contributed by atoms with Crippen LogP contribution in [0.15, 0.2) is 48.6 Å². The Balaban J connectivity index is 4.87. The minimum atomic E-state index is -1.06. The summed E-state index contributed by atoms with van der Waals surface area (Å²) in [6.45, 7) is 24.8. The number of ether oxygens (including phenoxy) is 6. The molecule has 0 aromatic rings. The van der Waals surface area contributed by atoms with E-state index < -0.39 is 53.7 Å². The van der Waals surface area contributed by atoms with Gasteiger partial charge in [0.1, 0.15) is 26.4 Å². The molecule has 264 valence electrons. The van der Waals surface area contributed by atoms with Crippen LogP contribution in [0.3, 0.4) is 0 Å². The molecule has 0 bridgehead atoms. The molecule has 47 heavy (non-hydrogen) atoms. The highest BCUT2D eigenvalue weighted by molar-refractivity contribution is 5.88. The molecule has 0 fully saturated rings. The lowest BCUT2D eigenvalue weighted by molar-refractivity contribution is -0.149. The predicted octanol–water partition coefficient (Wildman–Crippen LogP) is 4.10. The van der Waals surface area contributed by atoms with Crippen LogP contribution in [0.25, 0.3) is 0 Å². The number of carbonyl (C=O) groups is 6. The van der Waals surface area contributed by atoms with Crippen molar-refractivity contribution in [3.8, 4) is 0 Å². The Hall–Kier alpha value is -4.62. The molecule has 0 aliphatic heterocycles. The second kappa shape index (κ2) is 21.2. The Morgan fingerprint density at radius 1 is 0.596 bits per heavy atom. The van der Waals surface area contributed by atoms with Crippen molar-refractivity contribution in [2.45, 2.75) is 73.5 Å². The van der Waals surface area contributed by atoms with Crippen LogP contribution < -0.4 is 10.6 Å². The average Bonchev–Trinajstić information content (AvgIpc) is 2.97. The summed E-state index contributed by atoms with van der Waals surface area (Å²) in [6, 6.07) is 0. The molecule has 0 saturated heterocycles. The molecule has 1 unspecified atom stereocenters. The first-order valence-corrected chi connectivity index (χ1v) is 14.9. The van der Waals surface area contributed by atoms with Crippen molar-refractivity contribution >= 4 is 36.1 Å². The van der Waals surface area contributed by atoms with Gasteiger partial charge >= 0.3 is 36.1 Å². The highest BCUT2D eigenvalue weighted by Crippen LogP contribution is 2.26. The number of hydrogen-bond donors (Lipinski definition) is 2. The van der Waals surface area contributed by atoms with E-state index in [0.29, 0.717) is 12.8 Å². The third-order valence-electron chi connectivity index (χ3n) is 6.06. The number of rotatable bonds is 21. The van der Waals surface area contributed by atoms with Gasteiger partial charge in [0.05, 0.1) is 0 Å². The summed E-state index contributed by atoms with van der Waals surface area (Å²) in [5, 5.41) is 5.31. The van der Waals surface area contributed by atoms with Crippen molar-refractivity contribution in [1.29, 1.82) is 0 Å². The molecule has 0 radical (unpaired) electrons. The molecule has 0 spiro atoms. The van der Waals surface area contributed by atoms with E-state index in [2.05, 4.69) is 36.9 Å². The van der Waals surface area contributed by atoms with Gasteiger partial charge in [0.2, 0.25) is 0 Å². The van der Waals surface area contributed by atoms with E-state index in [1.807, 2.05) is 20.8 Å². The number of alkyl carbamates (subject to hydrolysis) is 2. The number of hydrogen-bond acceptors (Lipinski definition) is 12. The third kappa shape index (κ3) is 20.2. The van der Waals surface area contributed by atoms with Gasteiger partial charge in [-0.15, -0.1) is 0 Å². The highest BCUT2D eigenvalue weighted by Gasteiger charge is 2.25. The van der Waals surface area contributed by atoms with Crippen molar-refractivity contribution in [3.63, 3.8) is 0 Å². The standard InChI is InChI=1S/C33H50N2O12/c1-20(2)27(36)42-15-25(16-43-28(37)21(3)4)46-31(40)34-13-12-24(9)14-33(10,11)19-35-32(41)47-26(17-44-29(38)22(5)6)18-45-30(39)23(7)8/h24-26H,1,3,5,7,12-19H2,2,4,6,8-11H3,(H,34,40)(H,35,41). The summed E-state index contributed by atoms with van der Waals surface area (Å²) >= 11 is 0. The fraction of sp³-hybridized carbons (Fsp3) is 0.576. The zero-order valence-electron chi connectivity index (χ0n) is 28.6. The minimum absolute atomic E-state index is 0.0998. The number of carbonyl (C=O) groups excluding carboxylic acids is 6. The maximum Gasteiger partial charge on any atom is 0.407 e. The summed E-state index contributed by atoms with van der Waals surface area (Å²) in [4.78, 5) is 72.0. The summed E-state index contributed by atoms with van der Waals surface area (Å²) in [6.07, 6.45) is -2.50. The van der Waals surface area contributed by atoms with Crippen LogP contribution in [0.4, 0.5) is 9.59 Å². The SMILES string of the molecule is C=C(C)C(=O)OCC(COC(=O)C(=C)C)OC(=O)NCCC(C)CC(C)(C)CNC(=O)OC(COC(=O)C(=C)C)COC(=O)C(=C)C. The van der Waals surface area contributed by atoms with Crippen molar-refractivity contribution < 1.29 is 57.2 Å². The Morgan fingerprint density at radius 3 is 1.23 bits per heavy atom. The first-order chi connectivity index (χ1) is 21.7. The van der Waals surface area contributed by atoms with Crippen molar-refractivity contribution in [1.82, 2.24) is 10.6 Å². The summed E-state index contributed by atoms with van der Waals surface area (Å²) in [5.41, 5.74) is 0.232. The lowest BCUT2D eigenvalue weighted by Gasteiger charge is -2.28. The highest BCUT2D eigenvalue weighted by atomic mass is 16.6. The fourth-order valence-corrected chi connectivity index (χ4v) is 3.64. The second-order valence-electron chi connectivity index (χ2n) is 12.1. The molecule has 0 aromatic carbocycles. The first kappa shape index (κ1) is 42.4. The quantitative estimate of drug-likeness (QED) is 0.102. The van der Waals surface area contributed by atoms with Crippen LogP contribution in [0.2, 0.25) is 0 Å². The zero-order chi connectivity index (χ0) is 36.3. The molecule has 0 saturated carbocycles. The normalized spacial score (nSPS) is 11.4. The fourth-order valence-electron chi connectivity index (χ4n) is 3.64. The van der Waals surface area contributed by atoms with Gasteiger partial charge in [0.25, 0.3) is 0 Å². The van der Waals surface area contributed by atoms with E-state index in [1.165, 1.54) is 27.7 Å². The first-order valence-electron chi connectivity index (χ1n) is 14.9. The maximum atomic E-state index is 12.5. The molecule has 0 aliphatic rings. The Morgan fingerprint density at radius 2 is 0.915 bits per heavy atom. The minimum Gasteiger partial charge on any atom is -0.458 e. The molecule has 1 atom stereocenters.